The Kier molecular flexibility index (Phi) is 4.51. The van der Waals surface area contributed by atoms with E-state index in [4.69, 9.17) is 5.73 Å². The molecule has 0 spiro atoms. The maximum Gasteiger partial charge on any atom is 0.327 e. The smallest absolute Gasteiger partial charge is 0.327 e. The van der Waals surface area contributed by atoms with Crippen LogP contribution >= 0.6 is 0 Å². The van der Waals surface area contributed by atoms with E-state index in [1.807, 2.05) is 6.92 Å². The van der Waals surface area contributed by atoms with Crippen LogP contribution in [0.15, 0.2) is 0 Å². The van der Waals surface area contributed by atoms with Gasteiger partial charge >= 0.3 is 5.97 Å². The van der Waals surface area contributed by atoms with Crippen LogP contribution in [0, 0.1) is 0 Å². The number of nitrogens with one attached hydrogen (secondary N) is 1. The van der Waals surface area contributed by atoms with Crippen molar-refractivity contribution in [1.82, 2.24) is 4.72 Å². The molecule has 0 amide bonds. The van der Waals surface area contributed by atoms with E-state index >= 15 is 0 Å². The number of nitrogens with two attached hydrogens (primary N) is 1. The van der Waals surface area contributed by atoms with E-state index in [0.29, 0.717) is 19.3 Å². The Morgan fingerprint density at radius 1 is 1.53 bits per heavy atom. The molecule has 0 bridgehead atoms. The second-order valence-corrected chi connectivity index (χ2v) is 6.36. The van der Waals surface area contributed by atoms with Crippen molar-refractivity contribution in [3.05, 3.63) is 0 Å². The van der Waals surface area contributed by atoms with Gasteiger partial charge in [0.1, 0.15) is 5.54 Å². The van der Waals surface area contributed by atoms with Gasteiger partial charge < -0.3 is 10.5 Å². The molecule has 0 atom stereocenters. The lowest BCUT2D eigenvalue weighted by Crippen LogP contribution is -2.66. The summed E-state index contributed by atoms with van der Waals surface area (Å²) in [6.45, 7) is 1.91. The van der Waals surface area contributed by atoms with Gasteiger partial charge in [-0.2, -0.15) is 4.72 Å². The fourth-order valence-electron chi connectivity index (χ4n) is 2.01. The third-order valence-corrected chi connectivity index (χ3v) is 4.44. The average Bonchev–Trinajstić information content (AvgIpc) is 2.22. The highest BCUT2D eigenvalue weighted by Crippen LogP contribution is 2.33. The van der Waals surface area contributed by atoms with Crippen LogP contribution in [0.3, 0.4) is 0 Å². The number of carbonyl (C=O) groups is 1. The first-order valence-corrected chi connectivity index (χ1v) is 7.36. The van der Waals surface area contributed by atoms with Gasteiger partial charge in [-0.3, -0.25) is 4.79 Å². The highest BCUT2D eigenvalue weighted by atomic mass is 32.2. The number of carbonyl (C=O) groups excluding carboxylic acids is 1. The van der Waals surface area contributed by atoms with Crippen LogP contribution in [-0.4, -0.2) is 38.8 Å². The van der Waals surface area contributed by atoms with Crippen molar-refractivity contribution in [2.24, 2.45) is 5.73 Å². The van der Waals surface area contributed by atoms with Crippen molar-refractivity contribution in [2.45, 2.75) is 44.2 Å². The molecule has 1 saturated carbocycles. The minimum atomic E-state index is -3.45. The highest BCUT2D eigenvalue weighted by Gasteiger charge is 2.52. The number of hydrogen-bond donors (Lipinski definition) is 2. The first-order chi connectivity index (χ1) is 7.85. The zero-order valence-corrected chi connectivity index (χ0v) is 11.0. The average molecular weight is 264 g/mol. The monoisotopic (exact) mass is 264 g/mol. The van der Waals surface area contributed by atoms with Crippen LogP contribution in [0.4, 0.5) is 0 Å². The van der Waals surface area contributed by atoms with Gasteiger partial charge in [0.15, 0.2) is 0 Å². The molecule has 0 aromatic heterocycles. The standard InChI is InChI=1S/C10H20N2O4S/c1-3-4-5-17(14,15)12-10(9(13)16-2)6-8(11)7-10/h8,12H,3-7,11H2,1-2H3. The lowest BCUT2D eigenvalue weighted by atomic mass is 9.74. The first kappa shape index (κ1) is 14.4. The molecular formula is C10H20N2O4S. The Bertz CT molecular complexity index is 374. The first-order valence-electron chi connectivity index (χ1n) is 5.71. The Labute approximate surface area is 102 Å². The summed E-state index contributed by atoms with van der Waals surface area (Å²) < 4.78 is 30.6. The van der Waals surface area contributed by atoms with Gasteiger partial charge in [-0.25, -0.2) is 8.42 Å². The van der Waals surface area contributed by atoms with Crippen LogP contribution in [0.2, 0.25) is 0 Å². The third kappa shape index (κ3) is 3.40. The molecule has 1 fully saturated rings. The van der Waals surface area contributed by atoms with Gasteiger partial charge in [0.2, 0.25) is 10.0 Å². The summed E-state index contributed by atoms with van der Waals surface area (Å²) in [5.74, 6) is -0.531. The van der Waals surface area contributed by atoms with Gasteiger partial charge in [0, 0.05) is 6.04 Å². The van der Waals surface area contributed by atoms with Crippen molar-refractivity contribution >= 4 is 16.0 Å². The lowest BCUT2D eigenvalue weighted by molar-refractivity contribution is -0.152. The maximum absolute atomic E-state index is 11.8. The van der Waals surface area contributed by atoms with E-state index in [1.165, 1.54) is 7.11 Å². The molecule has 0 unspecified atom stereocenters. The third-order valence-electron chi connectivity index (χ3n) is 2.91. The number of esters is 1. The summed E-state index contributed by atoms with van der Waals surface area (Å²) in [6.07, 6.45) is 1.94. The summed E-state index contributed by atoms with van der Waals surface area (Å²) in [5, 5.41) is 0. The number of sulfonamides is 1. The lowest BCUT2D eigenvalue weighted by Gasteiger charge is -2.43. The van der Waals surface area contributed by atoms with Gasteiger partial charge in [-0.05, 0) is 19.3 Å². The van der Waals surface area contributed by atoms with Crippen LogP contribution in [0.5, 0.6) is 0 Å². The second kappa shape index (κ2) is 5.32. The molecule has 100 valence electrons. The summed E-state index contributed by atoms with van der Waals surface area (Å²) in [7, 11) is -2.20. The zero-order valence-electron chi connectivity index (χ0n) is 10.2. The molecule has 0 aliphatic heterocycles. The Morgan fingerprint density at radius 3 is 2.53 bits per heavy atom. The quantitative estimate of drug-likeness (QED) is 0.644. The topological polar surface area (TPSA) is 98.5 Å². The van der Waals surface area contributed by atoms with E-state index in [9.17, 15) is 13.2 Å². The van der Waals surface area contributed by atoms with Gasteiger partial charge in [-0.15, -0.1) is 0 Å². The second-order valence-electron chi connectivity index (χ2n) is 4.52. The number of methoxy groups -OCH3 is 1. The molecule has 7 heteroatoms. The molecule has 0 aromatic carbocycles. The number of unbranched alkanes of at least 4 members (excludes halogenated alkanes) is 1. The largest absolute Gasteiger partial charge is 0.468 e. The Morgan fingerprint density at radius 2 is 2.12 bits per heavy atom. The molecule has 1 aliphatic carbocycles. The van der Waals surface area contributed by atoms with E-state index in [0.717, 1.165) is 6.42 Å². The zero-order chi connectivity index (χ0) is 13.1. The molecule has 0 aromatic rings. The minimum Gasteiger partial charge on any atom is -0.468 e. The predicted octanol–water partition coefficient (Wildman–Crippen LogP) is -0.261. The molecule has 0 heterocycles. The van der Waals surface area contributed by atoms with Crippen molar-refractivity contribution in [3.63, 3.8) is 0 Å². The van der Waals surface area contributed by atoms with Crippen molar-refractivity contribution in [3.8, 4) is 0 Å². The van der Waals surface area contributed by atoms with Crippen molar-refractivity contribution < 1.29 is 17.9 Å². The van der Waals surface area contributed by atoms with Crippen LogP contribution in [-0.2, 0) is 19.6 Å². The molecule has 0 radical (unpaired) electrons. The fraction of sp³-hybridized carbons (Fsp3) is 0.900. The van der Waals surface area contributed by atoms with Crippen molar-refractivity contribution in [2.75, 3.05) is 12.9 Å². The summed E-state index contributed by atoms with van der Waals surface area (Å²) in [6, 6.07) is -0.150. The number of ether oxygens (including phenoxy) is 1. The van der Waals surface area contributed by atoms with Gasteiger partial charge in [0.05, 0.1) is 12.9 Å². The van der Waals surface area contributed by atoms with Gasteiger partial charge in [-0.1, -0.05) is 13.3 Å². The normalized spacial score (nSPS) is 28.5. The van der Waals surface area contributed by atoms with Crippen LogP contribution in [0.1, 0.15) is 32.6 Å². The molecule has 17 heavy (non-hydrogen) atoms. The van der Waals surface area contributed by atoms with E-state index < -0.39 is 21.5 Å². The fourth-order valence-corrected chi connectivity index (χ4v) is 3.62. The van der Waals surface area contributed by atoms with Crippen LogP contribution in [0.25, 0.3) is 0 Å². The number of hydrogen-bond acceptors (Lipinski definition) is 5. The minimum absolute atomic E-state index is 0.0253. The predicted molar refractivity (Wildman–Crippen MR) is 63.8 cm³/mol. The van der Waals surface area contributed by atoms with Crippen LogP contribution < -0.4 is 10.5 Å². The summed E-state index contributed by atoms with van der Waals surface area (Å²) in [4.78, 5) is 11.6. The van der Waals surface area contributed by atoms with E-state index in [2.05, 4.69) is 9.46 Å². The molecule has 3 N–H and O–H groups in total. The molecule has 6 nitrogen and oxygen atoms in total. The van der Waals surface area contributed by atoms with Gasteiger partial charge in [0.25, 0.3) is 0 Å². The molecule has 1 aliphatic rings. The SMILES string of the molecule is CCCCS(=O)(=O)NC1(C(=O)OC)CC(N)C1. The van der Waals surface area contributed by atoms with E-state index in [-0.39, 0.29) is 11.8 Å². The molecule has 1 rings (SSSR count). The summed E-state index contributed by atoms with van der Waals surface area (Å²) in [5.41, 5.74) is 4.48. The molecular weight excluding hydrogens is 244 g/mol. The van der Waals surface area contributed by atoms with E-state index in [1.54, 1.807) is 0 Å². The Balaban J connectivity index is 2.72. The summed E-state index contributed by atoms with van der Waals surface area (Å²) >= 11 is 0. The molecule has 0 saturated heterocycles. The Hall–Kier alpha value is -0.660. The number of rotatable bonds is 6. The highest BCUT2D eigenvalue weighted by molar-refractivity contribution is 7.89. The van der Waals surface area contributed by atoms with Crippen molar-refractivity contribution in [1.29, 1.82) is 0 Å². The maximum atomic E-state index is 11.8.